The van der Waals surface area contributed by atoms with Gasteiger partial charge in [-0.2, -0.15) is 5.01 Å². The summed E-state index contributed by atoms with van der Waals surface area (Å²) in [6, 6.07) is 10.8. The van der Waals surface area contributed by atoms with Gasteiger partial charge in [0.1, 0.15) is 0 Å². The Kier molecular flexibility index (Phi) is 4.31. The first-order valence-electron chi connectivity index (χ1n) is 6.83. The molecule has 2 aromatic rings. The van der Waals surface area contributed by atoms with E-state index in [4.69, 9.17) is 12.2 Å². The van der Waals surface area contributed by atoms with Gasteiger partial charge in [-0.15, -0.1) is 0 Å². The Balaban J connectivity index is 1.75. The van der Waals surface area contributed by atoms with E-state index in [-0.39, 0.29) is 11.8 Å². The predicted molar refractivity (Wildman–Crippen MR) is 94.4 cm³/mol. The average Bonchev–Trinajstić information content (AvgIpc) is 3.12. The number of aromatic amines is 1. The van der Waals surface area contributed by atoms with Gasteiger partial charge in [-0.25, -0.2) is 0 Å². The number of aromatic nitrogens is 1. The number of hydrazine groups is 1. The third-order valence-electron chi connectivity index (χ3n) is 3.23. The lowest BCUT2D eigenvalue weighted by atomic mass is 10.1. The molecule has 0 bridgehead atoms. The number of nitrogens with zero attached hydrogens (tertiary/aromatic N) is 1. The normalized spacial score (nSPS) is 16.2. The number of carbonyl (C=O) groups excluding carboxylic acids is 2. The van der Waals surface area contributed by atoms with Gasteiger partial charge in [0.25, 0.3) is 11.8 Å². The van der Waals surface area contributed by atoms with Crippen LogP contribution < -0.4 is 5.43 Å². The number of thioether (sulfide) groups is 1. The first-order valence-corrected chi connectivity index (χ1v) is 8.06. The Morgan fingerprint density at radius 1 is 1.30 bits per heavy atom. The van der Waals surface area contributed by atoms with Gasteiger partial charge < -0.3 is 4.98 Å². The van der Waals surface area contributed by atoms with Crippen molar-refractivity contribution in [2.24, 2.45) is 0 Å². The summed E-state index contributed by atoms with van der Waals surface area (Å²) < 4.78 is 0.299. The molecule has 1 aliphatic rings. The number of hydrogen-bond donors (Lipinski definition) is 2. The molecule has 0 aliphatic carbocycles. The maximum Gasteiger partial charge on any atom is 0.285 e. The van der Waals surface area contributed by atoms with Crippen molar-refractivity contribution in [1.29, 1.82) is 0 Å². The SMILES string of the molecule is Cc1ccc(C(=O)NN2C(=O)/C(=C/c3ccc[nH]3)SC2=S)cc1. The number of thiocarbonyl (C=S) groups is 1. The fourth-order valence-electron chi connectivity index (χ4n) is 2.01. The van der Waals surface area contributed by atoms with Gasteiger partial charge >= 0.3 is 0 Å². The third kappa shape index (κ3) is 3.35. The van der Waals surface area contributed by atoms with E-state index >= 15 is 0 Å². The van der Waals surface area contributed by atoms with Gasteiger partial charge in [0.05, 0.1) is 4.91 Å². The van der Waals surface area contributed by atoms with Crippen molar-refractivity contribution in [3.63, 3.8) is 0 Å². The molecule has 0 unspecified atom stereocenters. The van der Waals surface area contributed by atoms with E-state index < -0.39 is 0 Å². The molecule has 0 spiro atoms. The Bertz CT molecular complexity index is 795. The Hall–Kier alpha value is -2.38. The molecule has 1 fully saturated rings. The first-order chi connectivity index (χ1) is 11.0. The molecule has 1 aromatic carbocycles. The van der Waals surface area contributed by atoms with Gasteiger partial charge in [-0.05, 0) is 49.5 Å². The van der Waals surface area contributed by atoms with Gasteiger partial charge in [0.15, 0.2) is 4.32 Å². The average molecular weight is 343 g/mol. The Morgan fingerprint density at radius 3 is 2.70 bits per heavy atom. The van der Waals surface area contributed by atoms with Crippen LogP contribution in [0.25, 0.3) is 6.08 Å². The largest absolute Gasteiger partial charge is 0.362 e. The number of carbonyl (C=O) groups is 2. The summed E-state index contributed by atoms with van der Waals surface area (Å²) in [7, 11) is 0. The highest BCUT2D eigenvalue weighted by Gasteiger charge is 2.33. The highest BCUT2D eigenvalue weighted by Crippen LogP contribution is 2.31. The van der Waals surface area contributed by atoms with E-state index in [1.165, 1.54) is 0 Å². The number of H-pyrrole nitrogens is 1. The van der Waals surface area contributed by atoms with Crippen molar-refractivity contribution in [1.82, 2.24) is 15.4 Å². The molecule has 1 aromatic heterocycles. The molecule has 0 radical (unpaired) electrons. The minimum atomic E-state index is -0.373. The van der Waals surface area contributed by atoms with Crippen molar-refractivity contribution in [3.05, 3.63) is 64.3 Å². The second-order valence-corrected chi connectivity index (χ2v) is 6.63. The summed E-state index contributed by atoms with van der Waals surface area (Å²) >= 11 is 6.34. The van der Waals surface area contributed by atoms with E-state index in [0.717, 1.165) is 28.0 Å². The van der Waals surface area contributed by atoms with Crippen molar-refractivity contribution >= 4 is 46.2 Å². The van der Waals surface area contributed by atoms with Gasteiger partial charge in [-0.1, -0.05) is 29.5 Å². The van der Waals surface area contributed by atoms with E-state index in [2.05, 4.69) is 10.4 Å². The summed E-state index contributed by atoms with van der Waals surface area (Å²) in [5, 5.41) is 1.11. The van der Waals surface area contributed by atoms with E-state index in [1.807, 2.05) is 31.2 Å². The smallest absolute Gasteiger partial charge is 0.285 e. The molecule has 2 heterocycles. The molecule has 23 heavy (non-hydrogen) atoms. The fraction of sp³-hybridized carbons (Fsp3) is 0.0625. The van der Waals surface area contributed by atoms with E-state index in [0.29, 0.717) is 14.8 Å². The molecule has 1 aliphatic heterocycles. The summed E-state index contributed by atoms with van der Waals surface area (Å²) in [6.07, 6.45) is 3.48. The molecule has 116 valence electrons. The van der Waals surface area contributed by atoms with Crippen molar-refractivity contribution in [2.45, 2.75) is 6.92 Å². The number of nitrogens with one attached hydrogen (secondary N) is 2. The van der Waals surface area contributed by atoms with Crippen LogP contribution in [0.2, 0.25) is 0 Å². The molecular formula is C16H13N3O2S2. The van der Waals surface area contributed by atoms with Crippen LogP contribution in [0, 0.1) is 6.92 Å². The van der Waals surface area contributed by atoms with Crippen molar-refractivity contribution in [2.75, 3.05) is 0 Å². The maximum absolute atomic E-state index is 12.4. The second-order valence-electron chi connectivity index (χ2n) is 4.95. The molecule has 2 N–H and O–H groups in total. The van der Waals surface area contributed by atoms with Crippen LogP contribution in [0.3, 0.4) is 0 Å². The summed E-state index contributed by atoms with van der Waals surface area (Å²) in [5.41, 5.74) is 4.88. The highest BCUT2D eigenvalue weighted by atomic mass is 32.2. The topological polar surface area (TPSA) is 65.2 Å². The van der Waals surface area contributed by atoms with Crippen LogP contribution in [-0.2, 0) is 4.79 Å². The van der Waals surface area contributed by atoms with Gasteiger partial charge in [0.2, 0.25) is 0 Å². The van der Waals surface area contributed by atoms with Crippen LogP contribution in [0.1, 0.15) is 21.6 Å². The van der Waals surface area contributed by atoms with E-state index in [9.17, 15) is 9.59 Å². The summed E-state index contributed by atoms with van der Waals surface area (Å²) in [4.78, 5) is 28.1. The summed E-state index contributed by atoms with van der Waals surface area (Å²) in [5.74, 6) is -0.711. The Labute approximate surface area is 142 Å². The quantitative estimate of drug-likeness (QED) is 0.664. The zero-order valence-corrected chi connectivity index (χ0v) is 13.8. The fourth-order valence-corrected chi connectivity index (χ4v) is 3.18. The van der Waals surface area contributed by atoms with Crippen LogP contribution in [0.15, 0.2) is 47.5 Å². The second kappa shape index (κ2) is 6.39. The summed E-state index contributed by atoms with van der Waals surface area (Å²) in [6.45, 7) is 1.94. The monoisotopic (exact) mass is 343 g/mol. The zero-order chi connectivity index (χ0) is 16.4. The third-order valence-corrected chi connectivity index (χ3v) is 4.53. The maximum atomic E-state index is 12.4. The number of aryl methyl sites for hydroxylation is 1. The van der Waals surface area contributed by atoms with Crippen LogP contribution >= 0.6 is 24.0 Å². The lowest BCUT2D eigenvalue weighted by Crippen LogP contribution is -2.44. The molecule has 2 amide bonds. The van der Waals surface area contributed by atoms with Crippen molar-refractivity contribution < 1.29 is 9.59 Å². The van der Waals surface area contributed by atoms with Gasteiger partial charge in [0, 0.05) is 17.5 Å². The molecule has 1 saturated heterocycles. The number of rotatable bonds is 3. The van der Waals surface area contributed by atoms with Crippen LogP contribution in [0.4, 0.5) is 0 Å². The first kappa shape index (κ1) is 15.5. The molecule has 0 atom stereocenters. The highest BCUT2D eigenvalue weighted by molar-refractivity contribution is 8.26. The lowest BCUT2D eigenvalue weighted by Gasteiger charge is -2.15. The molecule has 5 nitrogen and oxygen atoms in total. The molecular weight excluding hydrogens is 330 g/mol. The standard InChI is InChI=1S/C16H13N3O2S2/c1-10-4-6-11(7-5-10)14(20)18-19-15(21)13(23-16(19)22)9-12-3-2-8-17-12/h2-9,17H,1H3,(H,18,20)/b13-9-. The molecule has 0 saturated carbocycles. The number of benzene rings is 1. The molecule has 3 rings (SSSR count). The predicted octanol–water partition coefficient (Wildman–Crippen LogP) is 2.87. The van der Waals surface area contributed by atoms with Crippen LogP contribution in [0.5, 0.6) is 0 Å². The van der Waals surface area contributed by atoms with E-state index in [1.54, 1.807) is 24.4 Å². The number of hydrogen-bond acceptors (Lipinski definition) is 4. The van der Waals surface area contributed by atoms with Crippen molar-refractivity contribution in [3.8, 4) is 0 Å². The Morgan fingerprint density at radius 2 is 2.04 bits per heavy atom. The minimum Gasteiger partial charge on any atom is -0.362 e. The number of amides is 2. The molecule has 7 heteroatoms. The lowest BCUT2D eigenvalue weighted by molar-refractivity contribution is -0.123. The van der Waals surface area contributed by atoms with Crippen LogP contribution in [-0.4, -0.2) is 26.1 Å². The van der Waals surface area contributed by atoms with Gasteiger partial charge in [-0.3, -0.25) is 15.0 Å². The zero-order valence-electron chi connectivity index (χ0n) is 12.2. The minimum absolute atomic E-state index is 0.299.